The second-order valence-electron chi connectivity index (χ2n) is 4.50. The lowest BCUT2D eigenvalue weighted by Crippen LogP contribution is -2.32. The van der Waals surface area contributed by atoms with Crippen molar-refractivity contribution in [2.45, 2.75) is 38.8 Å². The van der Waals surface area contributed by atoms with E-state index in [9.17, 15) is 0 Å². The second-order valence-corrected chi connectivity index (χ2v) is 4.50. The third kappa shape index (κ3) is 2.83. The summed E-state index contributed by atoms with van der Waals surface area (Å²) in [7, 11) is 0. The number of nitrogens with one attached hydrogen (secondary N) is 1. The lowest BCUT2D eigenvalue weighted by atomic mass is 10.1. The van der Waals surface area contributed by atoms with E-state index in [0.717, 1.165) is 24.6 Å². The molecule has 1 aliphatic rings. The zero-order chi connectivity index (χ0) is 10.7. The predicted octanol–water partition coefficient (Wildman–Crippen LogP) is 1.81. The van der Waals surface area contributed by atoms with E-state index in [-0.39, 0.29) is 0 Å². The minimum atomic E-state index is 0.399. The van der Waals surface area contributed by atoms with Crippen molar-refractivity contribution in [2.75, 3.05) is 6.54 Å². The van der Waals surface area contributed by atoms with Gasteiger partial charge in [0.15, 0.2) is 0 Å². The van der Waals surface area contributed by atoms with Crippen LogP contribution in [0.15, 0.2) is 16.5 Å². The predicted molar refractivity (Wildman–Crippen MR) is 60.5 cm³/mol. The summed E-state index contributed by atoms with van der Waals surface area (Å²) < 4.78 is 5.48. The summed E-state index contributed by atoms with van der Waals surface area (Å²) in [5.41, 5.74) is 6.00. The number of rotatable bonds is 4. The largest absolute Gasteiger partial charge is 0.465 e. The highest BCUT2D eigenvalue weighted by Crippen LogP contribution is 2.23. The van der Waals surface area contributed by atoms with Crippen LogP contribution in [0, 0.1) is 12.8 Å². The molecule has 1 heterocycles. The van der Waals surface area contributed by atoms with Gasteiger partial charge < -0.3 is 15.5 Å². The highest BCUT2D eigenvalue weighted by Gasteiger charge is 2.23. The summed E-state index contributed by atoms with van der Waals surface area (Å²) in [6.45, 7) is 3.80. The van der Waals surface area contributed by atoms with Crippen LogP contribution in [0.3, 0.4) is 0 Å². The molecule has 1 aromatic rings. The van der Waals surface area contributed by atoms with E-state index in [1.165, 1.54) is 19.3 Å². The van der Waals surface area contributed by atoms with Gasteiger partial charge in [-0.15, -0.1) is 0 Å². The number of hydrogen-bond donors (Lipinski definition) is 2. The zero-order valence-corrected chi connectivity index (χ0v) is 9.33. The Hall–Kier alpha value is -0.800. The smallest absolute Gasteiger partial charge is 0.117 e. The van der Waals surface area contributed by atoms with Gasteiger partial charge in [-0.2, -0.15) is 0 Å². The molecule has 3 heteroatoms. The topological polar surface area (TPSA) is 51.2 Å². The molecule has 0 saturated heterocycles. The highest BCUT2D eigenvalue weighted by molar-refractivity contribution is 5.05. The minimum Gasteiger partial charge on any atom is -0.465 e. The van der Waals surface area contributed by atoms with E-state index in [1.54, 1.807) is 0 Å². The second kappa shape index (κ2) is 4.81. The molecule has 0 amide bonds. The van der Waals surface area contributed by atoms with Crippen molar-refractivity contribution in [3.8, 4) is 0 Å². The van der Waals surface area contributed by atoms with Gasteiger partial charge in [-0.1, -0.05) is 6.42 Å². The van der Waals surface area contributed by atoms with Crippen LogP contribution in [0.4, 0.5) is 0 Å². The summed E-state index contributed by atoms with van der Waals surface area (Å²) in [6, 6.07) is 4.42. The molecule has 84 valence electrons. The molecule has 0 bridgehead atoms. The van der Waals surface area contributed by atoms with Crippen molar-refractivity contribution in [3.05, 3.63) is 23.7 Å². The lowest BCUT2D eigenvalue weighted by molar-refractivity contribution is 0.412. The normalized spacial score (nSPS) is 26.0. The van der Waals surface area contributed by atoms with Crippen LogP contribution in [-0.4, -0.2) is 12.6 Å². The first-order valence-electron chi connectivity index (χ1n) is 5.77. The fourth-order valence-corrected chi connectivity index (χ4v) is 2.28. The lowest BCUT2D eigenvalue weighted by Gasteiger charge is -2.15. The van der Waals surface area contributed by atoms with E-state index < -0.39 is 0 Å². The average Bonchev–Trinajstić information content (AvgIpc) is 2.77. The van der Waals surface area contributed by atoms with Crippen molar-refractivity contribution in [1.82, 2.24) is 5.32 Å². The molecule has 1 fully saturated rings. The molecule has 15 heavy (non-hydrogen) atoms. The standard InChI is InChI=1S/C12H20N2O/c1-9-5-6-11(15-9)8-14-7-10-3-2-4-12(10)13/h5-6,10,12,14H,2-4,7-8,13H2,1H3. The van der Waals surface area contributed by atoms with Crippen LogP contribution in [0.2, 0.25) is 0 Å². The molecule has 2 unspecified atom stereocenters. The molecule has 2 atom stereocenters. The molecule has 1 saturated carbocycles. The monoisotopic (exact) mass is 208 g/mol. The molecule has 0 spiro atoms. The molecule has 3 nitrogen and oxygen atoms in total. The third-order valence-electron chi connectivity index (χ3n) is 3.22. The van der Waals surface area contributed by atoms with Crippen molar-refractivity contribution < 1.29 is 4.42 Å². The molecule has 1 aromatic heterocycles. The van der Waals surface area contributed by atoms with Crippen LogP contribution in [-0.2, 0) is 6.54 Å². The summed E-state index contributed by atoms with van der Waals surface area (Å²) in [5, 5.41) is 3.41. The van der Waals surface area contributed by atoms with Crippen LogP contribution < -0.4 is 11.1 Å². The van der Waals surface area contributed by atoms with E-state index in [1.807, 2.05) is 19.1 Å². The van der Waals surface area contributed by atoms with E-state index in [4.69, 9.17) is 10.2 Å². The minimum absolute atomic E-state index is 0.399. The maximum Gasteiger partial charge on any atom is 0.117 e. The Kier molecular flexibility index (Phi) is 3.44. The van der Waals surface area contributed by atoms with Gasteiger partial charge in [0.25, 0.3) is 0 Å². The highest BCUT2D eigenvalue weighted by atomic mass is 16.3. The van der Waals surface area contributed by atoms with Crippen LogP contribution in [0.25, 0.3) is 0 Å². The molecular formula is C12H20N2O. The first kappa shape index (κ1) is 10.7. The van der Waals surface area contributed by atoms with E-state index in [2.05, 4.69) is 5.32 Å². The van der Waals surface area contributed by atoms with Gasteiger partial charge in [-0.3, -0.25) is 0 Å². The summed E-state index contributed by atoms with van der Waals surface area (Å²) >= 11 is 0. The number of aryl methyl sites for hydroxylation is 1. The Balaban J connectivity index is 1.70. The number of nitrogens with two attached hydrogens (primary N) is 1. The molecule has 0 aliphatic heterocycles. The number of hydrogen-bond acceptors (Lipinski definition) is 3. The fraction of sp³-hybridized carbons (Fsp3) is 0.667. The van der Waals surface area contributed by atoms with Gasteiger partial charge in [0.05, 0.1) is 6.54 Å². The Bertz CT molecular complexity index is 308. The Morgan fingerprint density at radius 1 is 1.47 bits per heavy atom. The quantitative estimate of drug-likeness (QED) is 0.793. The Morgan fingerprint density at radius 2 is 2.33 bits per heavy atom. The zero-order valence-electron chi connectivity index (χ0n) is 9.33. The summed E-state index contributed by atoms with van der Waals surface area (Å²) in [5.74, 6) is 2.64. The Labute approximate surface area is 91.0 Å². The average molecular weight is 208 g/mol. The third-order valence-corrected chi connectivity index (χ3v) is 3.22. The van der Waals surface area contributed by atoms with Gasteiger partial charge in [-0.25, -0.2) is 0 Å². The van der Waals surface area contributed by atoms with Gasteiger partial charge in [0, 0.05) is 6.04 Å². The van der Waals surface area contributed by atoms with Crippen LogP contribution >= 0.6 is 0 Å². The molecule has 2 rings (SSSR count). The molecular weight excluding hydrogens is 188 g/mol. The summed E-state index contributed by atoms with van der Waals surface area (Å²) in [6.07, 6.45) is 3.74. The van der Waals surface area contributed by atoms with Gasteiger partial charge in [0.1, 0.15) is 11.5 Å². The molecule has 0 aromatic carbocycles. The van der Waals surface area contributed by atoms with Crippen LogP contribution in [0.5, 0.6) is 0 Å². The SMILES string of the molecule is Cc1ccc(CNCC2CCCC2N)o1. The van der Waals surface area contributed by atoms with Crippen molar-refractivity contribution in [3.63, 3.8) is 0 Å². The molecule has 3 N–H and O–H groups in total. The first-order valence-corrected chi connectivity index (χ1v) is 5.77. The van der Waals surface area contributed by atoms with Crippen LogP contribution in [0.1, 0.15) is 30.8 Å². The van der Waals surface area contributed by atoms with Crippen molar-refractivity contribution >= 4 is 0 Å². The van der Waals surface area contributed by atoms with Crippen molar-refractivity contribution in [2.24, 2.45) is 11.7 Å². The maximum absolute atomic E-state index is 6.00. The van der Waals surface area contributed by atoms with E-state index in [0.29, 0.717) is 12.0 Å². The van der Waals surface area contributed by atoms with Gasteiger partial charge >= 0.3 is 0 Å². The van der Waals surface area contributed by atoms with Gasteiger partial charge in [-0.05, 0) is 44.4 Å². The summed E-state index contributed by atoms with van der Waals surface area (Å²) in [4.78, 5) is 0. The first-order chi connectivity index (χ1) is 7.25. The fourth-order valence-electron chi connectivity index (χ4n) is 2.28. The van der Waals surface area contributed by atoms with Gasteiger partial charge in [0.2, 0.25) is 0 Å². The molecule has 1 aliphatic carbocycles. The van der Waals surface area contributed by atoms with E-state index >= 15 is 0 Å². The maximum atomic E-state index is 6.00. The number of furan rings is 1. The molecule has 0 radical (unpaired) electrons. The Morgan fingerprint density at radius 3 is 2.93 bits per heavy atom. The van der Waals surface area contributed by atoms with Crippen molar-refractivity contribution in [1.29, 1.82) is 0 Å².